The second kappa shape index (κ2) is 2.82. The highest BCUT2D eigenvalue weighted by atomic mass is 16.4. The standard InChI is InChI=1S/C9H6N2O2/c12-9(13)8-7-2-3-10-5-6(7)1-4-11-8/h1-5H,(H,12,13). The summed E-state index contributed by atoms with van der Waals surface area (Å²) in [7, 11) is 0. The summed E-state index contributed by atoms with van der Waals surface area (Å²) in [5, 5.41) is 10.2. The molecule has 0 aliphatic heterocycles. The molecular weight excluding hydrogens is 168 g/mol. The van der Waals surface area contributed by atoms with E-state index in [1.165, 1.54) is 6.20 Å². The normalized spacial score (nSPS) is 10.2. The van der Waals surface area contributed by atoms with E-state index in [1.807, 2.05) is 0 Å². The number of aromatic carboxylic acids is 1. The third-order valence-electron chi connectivity index (χ3n) is 1.77. The van der Waals surface area contributed by atoms with Crippen LogP contribution in [0.15, 0.2) is 30.7 Å². The van der Waals surface area contributed by atoms with Crippen molar-refractivity contribution in [1.29, 1.82) is 0 Å². The minimum atomic E-state index is -1.02. The summed E-state index contributed by atoms with van der Waals surface area (Å²) < 4.78 is 0. The van der Waals surface area contributed by atoms with Crippen LogP contribution in [-0.2, 0) is 0 Å². The Morgan fingerprint density at radius 3 is 2.92 bits per heavy atom. The van der Waals surface area contributed by atoms with Gasteiger partial charge in [0.25, 0.3) is 0 Å². The number of hydrogen-bond donors (Lipinski definition) is 1. The van der Waals surface area contributed by atoms with Crippen molar-refractivity contribution in [2.45, 2.75) is 0 Å². The van der Waals surface area contributed by atoms with Crippen LogP contribution in [0.25, 0.3) is 10.8 Å². The molecule has 2 aromatic heterocycles. The summed E-state index contributed by atoms with van der Waals surface area (Å²) in [6.45, 7) is 0. The first kappa shape index (κ1) is 7.67. The topological polar surface area (TPSA) is 63.1 Å². The average molecular weight is 174 g/mol. The van der Waals surface area contributed by atoms with E-state index >= 15 is 0 Å². The van der Waals surface area contributed by atoms with Gasteiger partial charge in [0.05, 0.1) is 0 Å². The van der Waals surface area contributed by atoms with Gasteiger partial charge < -0.3 is 5.11 Å². The number of carboxylic acids is 1. The van der Waals surface area contributed by atoms with Gasteiger partial charge in [-0.2, -0.15) is 0 Å². The molecule has 2 aromatic rings. The zero-order valence-electron chi connectivity index (χ0n) is 6.64. The van der Waals surface area contributed by atoms with Crippen LogP contribution in [0.2, 0.25) is 0 Å². The molecule has 0 bridgehead atoms. The quantitative estimate of drug-likeness (QED) is 0.708. The van der Waals surface area contributed by atoms with Crippen molar-refractivity contribution in [3.05, 3.63) is 36.4 Å². The molecule has 0 amide bonds. The number of carboxylic acid groups (broad SMARTS) is 1. The van der Waals surface area contributed by atoms with Crippen LogP contribution >= 0.6 is 0 Å². The van der Waals surface area contributed by atoms with Crippen LogP contribution in [0.5, 0.6) is 0 Å². The fourth-order valence-corrected chi connectivity index (χ4v) is 1.19. The number of pyridine rings is 2. The molecule has 0 unspecified atom stereocenters. The van der Waals surface area contributed by atoms with Crippen LogP contribution in [-0.4, -0.2) is 21.0 Å². The maximum absolute atomic E-state index is 10.7. The minimum absolute atomic E-state index is 0.0694. The lowest BCUT2D eigenvalue weighted by molar-refractivity contribution is 0.0693. The molecular formula is C9H6N2O2. The predicted molar refractivity (Wildman–Crippen MR) is 46.5 cm³/mol. The van der Waals surface area contributed by atoms with Crippen LogP contribution < -0.4 is 0 Å². The lowest BCUT2D eigenvalue weighted by Crippen LogP contribution is -2.00. The van der Waals surface area contributed by atoms with Crippen molar-refractivity contribution in [3.8, 4) is 0 Å². The molecule has 0 aliphatic rings. The lowest BCUT2D eigenvalue weighted by Gasteiger charge is -1.98. The highest BCUT2D eigenvalue weighted by molar-refractivity contribution is 6.01. The van der Waals surface area contributed by atoms with Crippen molar-refractivity contribution in [2.24, 2.45) is 0 Å². The first-order valence-electron chi connectivity index (χ1n) is 3.71. The Hall–Kier alpha value is -1.97. The molecule has 1 N–H and O–H groups in total. The van der Waals surface area contributed by atoms with Gasteiger partial charge in [-0.25, -0.2) is 9.78 Å². The number of rotatable bonds is 1. The van der Waals surface area contributed by atoms with Gasteiger partial charge in [0.15, 0.2) is 5.69 Å². The third kappa shape index (κ3) is 1.22. The monoisotopic (exact) mass is 174 g/mol. The van der Waals surface area contributed by atoms with E-state index in [-0.39, 0.29) is 5.69 Å². The Balaban J connectivity index is 2.83. The molecule has 0 radical (unpaired) electrons. The van der Waals surface area contributed by atoms with Crippen molar-refractivity contribution in [2.75, 3.05) is 0 Å². The molecule has 0 spiro atoms. The minimum Gasteiger partial charge on any atom is -0.476 e. The molecule has 0 fully saturated rings. The zero-order chi connectivity index (χ0) is 9.26. The van der Waals surface area contributed by atoms with E-state index in [4.69, 9.17) is 5.11 Å². The summed E-state index contributed by atoms with van der Waals surface area (Å²) >= 11 is 0. The lowest BCUT2D eigenvalue weighted by atomic mass is 10.2. The van der Waals surface area contributed by atoms with E-state index in [2.05, 4.69) is 9.97 Å². The Bertz CT molecular complexity index is 463. The van der Waals surface area contributed by atoms with Gasteiger partial charge in [-0.1, -0.05) is 0 Å². The molecule has 4 heteroatoms. The maximum Gasteiger partial charge on any atom is 0.355 e. The summed E-state index contributed by atoms with van der Waals surface area (Å²) in [6.07, 6.45) is 4.63. The fraction of sp³-hybridized carbons (Fsp3) is 0. The van der Waals surface area contributed by atoms with Crippen LogP contribution in [0.3, 0.4) is 0 Å². The van der Waals surface area contributed by atoms with E-state index < -0.39 is 5.97 Å². The highest BCUT2D eigenvalue weighted by Gasteiger charge is 2.08. The van der Waals surface area contributed by atoms with Crippen molar-refractivity contribution < 1.29 is 9.90 Å². The van der Waals surface area contributed by atoms with Crippen LogP contribution in [0.1, 0.15) is 10.5 Å². The Morgan fingerprint density at radius 1 is 1.31 bits per heavy atom. The smallest absolute Gasteiger partial charge is 0.355 e. The van der Waals surface area contributed by atoms with Gasteiger partial charge in [-0.3, -0.25) is 4.98 Å². The molecule has 0 saturated heterocycles. The summed E-state index contributed by atoms with van der Waals surface area (Å²) in [4.78, 5) is 18.4. The molecule has 0 saturated carbocycles. The van der Waals surface area contributed by atoms with E-state index in [1.54, 1.807) is 24.5 Å². The van der Waals surface area contributed by atoms with E-state index in [0.717, 1.165) is 5.39 Å². The summed E-state index contributed by atoms with van der Waals surface area (Å²) in [6, 6.07) is 3.38. The van der Waals surface area contributed by atoms with Gasteiger partial charge in [0.1, 0.15) is 0 Å². The molecule has 0 aliphatic carbocycles. The number of fused-ring (bicyclic) bond motifs is 1. The maximum atomic E-state index is 10.7. The Morgan fingerprint density at radius 2 is 2.15 bits per heavy atom. The van der Waals surface area contributed by atoms with Gasteiger partial charge in [-0.05, 0) is 12.1 Å². The van der Waals surface area contributed by atoms with Gasteiger partial charge in [0, 0.05) is 29.4 Å². The third-order valence-corrected chi connectivity index (χ3v) is 1.77. The van der Waals surface area contributed by atoms with E-state index in [9.17, 15) is 4.79 Å². The summed E-state index contributed by atoms with van der Waals surface area (Å²) in [5.41, 5.74) is 0.0694. The molecule has 13 heavy (non-hydrogen) atoms. The second-order valence-corrected chi connectivity index (χ2v) is 2.56. The van der Waals surface area contributed by atoms with Crippen molar-refractivity contribution >= 4 is 16.7 Å². The van der Waals surface area contributed by atoms with Gasteiger partial charge >= 0.3 is 5.97 Å². The first-order chi connectivity index (χ1) is 6.29. The number of nitrogens with zero attached hydrogens (tertiary/aromatic N) is 2. The fourth-order valence-electron chi connectivity index (χ4n) is 1.19. The van der Waals surface area contributed by atoms with Crippen LogP contribution in [0.4, 0.5) is 0 Å². The van der Waals surface area contributed by atoms with Gasteiger partial charge in [-0.15, -0.1) is 0 Å². The van der Waals surface area contributed by atoms with Crippen molar-refractivity contribution in [1.82, 2.24) is 9.97 Å². The Kier molecular flexibility index (Phi) is 1.66. The molecule has 2 rings (SSSR count). The number of carbonyl (C=O) groups is 1. The SMILES string of the molecule is O=C(O)c1nccc2cnccc12. The first-order valence-corrected chi connectivity index (χ1v) is 3.71. The average Bonchev–Trinajstić information content (AvgIpc) is 2.17. The molecule has 4 nitrogen and oxygen atoms in total. The van der Waals surface area contributed by atoms with Gasteiger partial charge in [0.2, 0.25) is 0 Å². The summed E-state index contributed by atoms with van der Waals surface area (Å²) in [5.74, 6) is -1.02. The Labute approximate surface area is 73.9 Å². The second-order valence-electron chi connectivity index (χ2n) is 2.56. The van der Waals surface area contributed by atoms with E-state index in [0.29, 0.717) is 5.39 Å². The van der Waals surface area contributed by atoms with Crippen molar-refractivity contribution in [3.63, 3.8) is 0 Å². The largest absolute Gasteiger partial charge is 0.476 e. The molecule has 0 atom stereocenters. The van der Waals surface area contributed by atoms with Crippen LogP contribution in [0, 0.1) is 0 Å². The number of aromatic nitrogens is 2. The molecule has 64 valence electrons. The number of hydrogen-bond acceptors (Lipinski definition) is 3. The highest BCUT2D eigenvalue weighted by Crippen LogP contribution is 2.14. The molecule has 0 aromatic carbocycles. The zero-order valence-corrected chi connectivity index (χ0v) is 6.64. The molecule has 2 heterocycles. The predicted octanol–water partition coefficient (Wildman–Crippen LogP) is 1.33.